The van der Waals surface area contributed by atoms with Crippen molar-refractivity contribution in [3.05, 3.63) is 6.92 Å². The predicted octanol–water partition coefficient (Wildman–Crippen LogP) is -2.61. The van der Waals surface area contributed by atoms with Crippen LogP contribution in [-0.4, -0.2) is 12.6 Å². The average Bonchev–Trinajstić information content (AvgIpc) is 1.35. The van der Waals surface area contributed by atoms with Crippen LogP contribution in [0.1, 0.15) is 6.92 Å². The monoisotopic (exact) mass is 126 g/mol. The summed E-state index contributed by atoms with van der Waals surface area (Å²) < 4.78 is 4.29. The number of ether oxygens (including phenoxy) is 1. The molecule has 0 saturated heterocycles. The molecule has 0 spiro atoms. The van der Waals surface area contributed by atoms with Crippen LogP contribution in [0, 0.1) is 6.92 Å². The molecule has 0 aliphatic heterocycles. The molecule has 2 nitrogen and oxygen atoms in total. The van der Waals surface area contributed by atoms with Gasteiger partial charge in [0.1, 0.15) is 0 Å². The molecule has 36 valence electrons. The SMILES string of the molecule is [CH2-]C(=O)OCC.[K+]. The van der Waals surface area contributed by atoms with Gasteiger partial charge in [0.2, 0.25) is 0 Å². The van der Waals surface area contributed by atoms with Crippen LogP contribution in [-0.2, 0) is 9.53 Å². The van der Waals surface area contributed by atoms with Crippen LogP contribution in [0.2, 0.25) is 0 Å². The molecule has 0 aromatic heterocycles. The Morgan fingerprint density at radius 1 is 1.86 bits per heavy atom. The molecule has 0 heterocycles. The van der Waals surface area contributed by atoms with Gasteiger partial charge in [0.25, 0.3) is 0 Å². The van der Waals surface area contributed by atoms with E-state index in [2.05, 4.69) is 11.7 Å². The quantitative estimate of drug-likeness (QED) is 0.218. The van der Waals surface area contributed by atoms with Crippen molar-refractivity contribution in [2.24, 2.45) is 0 Å². The summed E-state index contributed by atoms with van der Waals surface area (Å²) in [5.41, 5.74) is 0. The summed E-state index contributed by atoms with van der Waals surface area (Å²) in [5, 5.41) is 0. The third kappa shape index (κ3) is 10.9. The van der Waals surface area contributed by atoms with Crippen molar-refractivity contribution < 1.29 is 60.9 Å². The van der Waals surface area contributed by atoms with Crippen molar-refractivity contribution in [1.29, 1.82) is 0 Å². The third-order valence-corrected chi connectivity index (χ3v) is 0.305. The van der Waals surface area contributed by atoms with Gasteiger partial charge in [-0.3, -0.25) is 11.7 Å². The van der Waals surface area contributed by atoms with Crippen molar-refractivity contribution in [2.45, 2.75) is 6.92 Å². The van der Waals surface area contributed by atoms with E-state index in [1.165, 1.54) is 0 Å². The van der Waals surface area contributed by atoms with E-state index in [4.69, 9.17) is 0 Å². The molecular weight excluding hydrogens is 119 g/mol. The number of carbonyl (C=O) groups excluding carboxylic acids is 1. The summed E-state index contributed by atoms with van der Waals surface area (Å²) in [6.45, 7) is 5.13. The molecule has 0 N–H and O–H groups in total. The van der Waals surface area contributed by atoms with Gasteiger partial charge >= 0.3 is 51.4 Å². The minimum Gasteiger partial charge on any atom is -0.489 e. The molecule has 0 saturated carbocycles. The van der Waals surface area contributed by atoms with Crippen molar-refractivity contribution in [3.63, 3.8) is 0 Å². The van der Waals surface area contributed by atoms with Crippen LogP contribution < -0.4 is 51.4 Å². The molecule has 0 radical (unpaired) electrons. The molecule has 0 unspecified atom stereocenters. The fourth-order valence-corrected chi connectivity index (χ4v) is 0.161. The number of hydrogen-bond donors (Lipinski definition) is 0. The van der Waals surface area contributed by atoms with Crippen LogP contribution >= 0.6 is 0 Å². The van der Waals surface area contributed by atoms with Crippen LogP contribution in [0.5, 0.6) is 0 Å². The van der Waals surface area contributed by atoms with Gasteiger partial charge in [0.15, 0.2) is 5.97 Å². The van der Waals surface area contributed by atoms with Crippen molar-refractivity contribution in [2.75, 3.05) is 6.61 Å². The molecule has 0 aliphatic rings. The van der Waals surface area contributed by atoms with Crippen molar-refractivity contribution in [1.82, 2.24) is 0 Å². The minimum absolute atomic E-state index is 0. The Kier molecular flexibility index (Phi) is 10.8. The molecule has 0 bridgehead atoms. The maximum absolute atomic E-state index is 9.71. The summed E-state index contributed by atoms with van der Waals surface area (Å²) in [5.74, 6) is -0.461. The van der Waals surface area contributed by atoms with Gasteiger partial charge in [-0.15, -0.1) is 0 Å². The Bertz CT molecular complexity index is 53.7. The molecule has 0 aromatic rings. The summed E-state index contributed by atoms with van der Waals surface area (Å²) in [6.07, 6.45) is 0. The fraction of sp³-hybridized carbons (Fsp3) is 0.500. The predicted molar refractivity (Wildman–Crippen MR) is 22.0 cm³/mol. The van der Waals surface area contributed by atoms with Crippen LogP contribution in [0.3, 0.4) is 0 Å². The molecule has 0 amide bonds. The zero-order chi connectivity index (χ0) is 4.99. The second-order valence-electron chi connectivity index (χ2n) is 0.805. The molecular formula is C4H7KO2. The van der Waals surface area contributed by atoms with Crippen molar-refractivity contribution in [3.8, 4) is 0 Å². The van der Waals surface area contributed by atoms with Crippen LogP contribution in [0.15, 0.2) is 0 Å². The third-order valence-electron chi connectivity index (χ3n) is 0.305. The molecule has 0 fully saturated rings. The zero-order valence-electron chi connectivity index (χ0n) is 4.73. The summed E-state index contributed by atoms with van der Waals surface area (Å²) >= 11 is 0. The average molecular weight is 126 g/mol. The molecule has 3 heteroatoms. The summed E-state index contributed by atoms with van der Waals surface area (Å²) in [7, 11) is 0. The Balaban J connectivity index is 0. The first-order valence-corrected chi connectivity index (χ1v) is 1.76. The van der Waals surface area contributed by atoms with Gasteiger partial charge in [0.05, 0.1) is 6.61 Å². The summed E-state index contributed by atoms with van der Waals surface area (Å²) in [6, 6.07) is 0. The number of carbonyl (C=O) groups is 1. The molecule has 0 aromatic carbocycles. The Morgan fingerprint density at radius 3 is 2.29 bits per heavy atom. The molecule has 0 aliphatic carbocycles. The van der Waals surface area contributed by atoms with Gasteiger partial charge in [0, 0.05) is 0 Å². The van der Waals surface area contributed by atoms with E-state index < -0.39 is 5.97 Å². The fourth-order valence-electron chi connectivity index (χ4n) is 0.161. The first-order chi connectivity index (χ1) is 2.77. The van der Waals surface area contributed by atoms with Crippen molar-refractivity contribution >= 4 is 5.97 Å². The van der Waals surface area contributed by atoms with E-state index in [0.717, 1.165) is 0 Å². The van der Waals surface area contributed by atoms with Crippen LogP contribution in [0.25, 0.3) is 0 Å². The van der Waals surface area contributed by atoms with E-state index in [-0.39, 0.29) is 51.4 Å². The maximum Gasteiger partial charge on any atom is 1.00 e. The van der Waals surface area contributed by atoms with Gasteiger partial charge in [-0.2, -0.15) is 0 Å². The minimum atomic E-state index is -0.461. The van der Waals surface area contributed by atoms with Crippen LogP contribution in [0.4, 0.5) is 0 Å². The molecule has 0 atom stereocenters. The number of hydrogen-bond acceptors (Lipinski definition) is 2. The van der Waals surface area contributed by atoms with Gasteiger partial charge in [-0.1, -0.05) is 0 Å². The van der Waals surface area contributed by atoms with Gasteiger partial charge in [-0.25, -0.2) is 0 Å². The standard InChI is InChI=1S/C4H7O2.K/c1-3-6-4(2)5;/h2-3H2,1H3;/q-1;+1. The van der Waals surface area contributed by atoms with E-state index in [0.29, 0.717) is 6.61 Å². The van der Waals surface area contributed by atoms with Gasteiger partial charge in [-0.05, 0) is 6.92 Å². The van der Waals surface area contributed by atoms with Gasteiger partial charge < -0.3 is 4.74 Å². The number of esters is 1. The Morgan fingerprint density at radius 2 is 2.29 bits per heavy atom. The van der Waals surface area contributed by atoms with E-state index in [9.17, 15) is 4.79 Å². The maximum atomic E-state index is 9.71. The number of rotatable bonds is 1. The molecule has 0 rings (SSSR count). The normalized spacial score (nSPS) is 6.43. The topological polar surface area (TPSA) is 26.3 Å². The summed E-state index contributed by atoms with van der Waals surface area (Å²) in [4.78, 5) is 9.71. The smallest absolute Gasteiger partial charge is 0.489 e. The largest absolute Gasteiger partial charge is 1.00 e. The second-order valence-corrected chi connectivity index (χ2v) is 0.805. The van der Waals surface area contributed by atoms with E-state index >= 15 is 0 Å². The first kappa shape index (κ1) is 10.9. The Labute approximate surface area is 86.0 Å². The van der Waals surface area contributed by atoms with E-state index in [1.54, 1.807) is 6.92 Å². The van der Waals surface area contributed by atoms with E-state index in [1.807, 2.05) is 0 Å². The Hall–Kier alpha value is 0.976. The molecule has 7 heavy (non-hydrogen) atoms. The second kappa shape index (κ2) is 6.98. The first-order valence-electron chi connectivity index (χ1n) is 1.76. The zero-order valence-corrected chi connectivity index (χ0v) is 7.85.